The number of benzene rings is 3. The highest BCUT2D eigenvalue weighted by molar-refractivity contribution is 14.1. The number of thioether (sulfide) groups is 1. The maximum Gasteiger partial charge on any atom is 0.266 e. The molecule has 0 unspecified atom stereocenters. The number of hydrogen-bond donors (Lipinski definition) is 1. The Morgan fingerprint density at radius 1 is 1.10 bits per heavy atom. The van der Waals surface area contributed by atoms with Gasteiger partial charge >= 0.3 is 0 Å². The Morgan fingerprint density at radius 3 is 2.46 bits per heavy atom. The lowest BCUT2D eigenvalue weighted by Crippen LogP contribution is -2.28. The van der Waals surface area contributed by atoms with Gasteiger partial charge in [0.15, 0.2) is 23.3 Å². The average Bonchev–Trinajstić information content (AvgIpc) is 3.22. The predicted molar refractivity (Wildman–Crippen MR) is 159 cm³/mol. The normalized spacial score (nSPS) is 15.1. The third kappa shape index (κ3) is 7.09. The summed E-state index contributed by atoms with van der Waals surface area (Å²) in [6.45, 7) is 2.11. The summed E-state index contributed by atoms with van der Waals surface area (Å²) < 4.78 is 30.2. The molecule has 3 aromatic carbocycles. The van der Waals surface area contributed by atoms with Gasteiger partial charge in [-0.1, -0.05) is 0 Å². The topological polar surface area (TPSA) is 89.5 Å². The van der Waals surface area contributed by atoms with E-state index in [-0.39, 0.29) is 18.3 Å². The molecule has 4 rings (SSSR count). The molecule has 0 radical (unpaired) electrons. The highest BCUT2D eigenvalue weighted by Crippen LogP contribution is 2.38. The Morgan fingerprint density at radius 2 is 1.82 bits per heavy atom. The third-order valence-corrected chi connectivity index (χ3v) is 7.33. The zero-order valence-corrected chi connectivity index (χ0v) is 24.3. The molecule has 202 valence electrons. The highest BCUT2D eigenvalue weighted by Gasteiger charge is 2.32. The molecule has 0 spiro atoms. The molecular weight excluding hydrogens is 636 g/mol. The molecule has 11 heteroatoms. The van der Waals surface area contributed by atoms with Crippen molar-refractivity contribution in [1.29, 1.82) is 0 Å². The van der Waals surface area contributed by atoms with Crippen molar-refractivity contribution in [2.45, 2.75) is 6.92 Å². The smallest absolute Gasteiger partial charge is 0.266 e. The van der Waals surface area contributed by atoms with Crippen LogP contribution in [0, 0.1) is 9.39 Å². The van der Waals surface area contributed by atoms with Gasteiger partial charge in [-0.2, -0.15) is 0 Å². The van der Waals surface area contributed by atoms with E-state index in [1.165, 1.54) is 43.1 Å². The van der Waals surface area contributed by atoms with Crippen LogP contribution in [-0.4, -0.2) is 49.3 Å². The quantitative estimate of drug-likeness (QED) is 0.221. The number of carbonyl (C=O) groups excluding carboxylic acids is 2. The van der Waals surface area contributed by atoms with Crippen LogP contribution < -0.4 is 19.5 Å². The number of amides is 2. The van der Waals surface area contributed by atoms with Crippen LogP contribution in [-0.2, 0) is 9.59 Å². The zero-order valence-electron chi connectivity index (χ0n) is 21.4. The number of ether oxygens (including phenoxy) is 3. The van der Waals surface area contributed by atoms with Gasteiger partial charge in [-0.15, -0.1) is 0 Å². The molecule has 0 aromatic heterocycles. The number of rotatable bonds is 9. The maximum atomic E-state index is 13.1. The van der Waals surface area contributed by atoms with E-state index in [2.05, 4.69) is 32.9 Å². The summed E-state index contributed by atoms with van der Waals surface area (Å²) in [5, 5.41) is 3.24. The lowest BCUT2D eigenvalue weighted by atomic mass is 10.2. The molecule has 1 N–H and O–H groups in total. The fourth-order valence-electron chi connectivity index (χ4n) is 3.62. The van der Waals surface area contributed by atoms with Crippen LogP contribution in [0.3, 0.4) is 0 Å². The SMILES string of the molecule is CCN1C(=O)/C(=C\c2cc(I)c(OCC(=O)Nc3ccc(F)cc3)c(OC)c2)SC1=Nc1ccc(OC)cc1. The van der Waals surface area contributed by atoms with Gasteiger partial charge in [0.25, 0.3) is 11.8 Å². The molecular formula is C28H25FIN3O5S. The van der Waals surface area contributed by atoms with Crippen LogP contribution in [0.25, 0.3) is 6.08 Å². The first-order valence-corrected chi connectivity index (χ1v) is 13.7. The molecule has 39 heavy (non-hydrogen) atoms. The summed E-state index contributed by atoms with van der Waals surface area (Å²) in [5.41, 5.74) is 1.91. The standard InChI is InChI=1S/C28H25FIN3O5S/c1-4-33-27(35)24(39-28(33)32-20-9-11-21(36-2)12-10-20)15-17-13-22(30)26(23(14-17)37-3)38-16-25(34)31-19-7-5-18(29)6-8-19/h5-15H,4,16H2,1-3H3,(H,31,34)/b24-15+,32-28?. The van der Waals surface area contributed by atoms with Crippen LogP contribution in [0.4, 0.5) is 15.8 Å². The van der Waals surface area contributed by atoms with E-state index >= 15 is 0 Å². The second kappa shape index (κ2) is 13.0. The summed E-state index contributed by atoms with van der Waals surface area (Å²) >= 11 is 3.39. The number of anilines is 1. The molecule has 1 fully saturated rings. The average molecular weight is 661 g/mol. The van der Waals surface area contributed by atoms with Crippen LogP contribution in [0.15, 0.2) is 70.6 Å². The Bertz CT molecular complexity index is 1430. The van der Waals surface area contributed by atoms with Crippen molar-refractivity contribution in [1.82, 2.24) is 4.90 Å². The Labute approximate surface area is 243 Å². The lowest BCUT2D eigenvalue weighted by Gasteiger charge is -2.14. The summed E-state index contributed by atoms with van der Waals surface area (Å²) in [4.78, 5) is 32.2. The van der Waals surface area contributed by atoms with Gasteiger partial charge in [-0.05, 0) is 114 Å². The summed E-state index contributed by atoms with van der Waals surface area (Å²) in [6, 6.07) is 16.3. The summed E-state index contributed by atoms with van der Waals surface area (Å²) in [5.74, 6) is 0.615. The number of halogens is 2. The zero-order chi connectivity index (χ0) is 27.9. The van der Waals surface area contributed by atoms with Crippen molar-refractivity contribution >= 4 is 68.8 Å². The first kappa shape index (κ1) is 28.4. The second-order valence-electron chi connectivity index (χ2n) is 8.13. The largest absolute Gasteiger partial charge is 0.497 e. The number of likely N-dealkylation sites (N-methyl/N-ethyl adjacent to an activating group) is 1. The molecule has 1 heterocycles. The molecule has 1 aliphatic heterocycles. The van der Waals surface area contributed by atoms with Gasteiger partial charge in [0.1, 0.15) is 11.6 Å². The monoisotopic (exact) mass is 661 g/mol. The van der Waals surface area contributed by atoms with Gasteiger partial charge in [-0.25, -0.2) is 9.38 Å². The van der Waals surface area contributed by atoms with Crippen LogP contribution in [0.2, 0.25) is 0 Å². The Balaban J connectivity index is 1.50. The van der Waals surface area contributed by atoms with E-state index in [0.717, 1.165) is 11.3 Å². The van der Waals surface area contributed by atoms with E-state index in [4.69, 9.17) is 14.2 Å². The molecule has 8 nitrogen and oxygen atoms in total. The van der Waals surface area contributed by atoms with Crippen molar-refractivity contribution in [3.05, 3.63) is 80.5 Å². The van der Waals surface area contributed by atoms with Crippen LogP contribution in [0.1, 0.15) is 12.5 Å². The second-order valence-corrected chi connectivity index (χ2v) is 10.3. The molecule has 0 bridgehead atoms. The number of carbonyl (C=O) groups is 2. The molecule has 1 aliphatic rings. The fourth-order valence-corrected chi connectivity index (χ4v) is 5.46. The molecule has 2 amide bonds. The Hall–Kier alpha value is -3.58. The van der Waals surface area contributed by atoms with Gasteiger partial charge in [0.2, 0.25) is 0 Å². The first-order valence-electron chi connectivity index (χ1n) is 11.8. The van der Waals surface area contributed by atoms with Crippen molar-refractivity contribution in [3.8, 4) is 17.2 Å². The van der Waals surface area contributed by atoms with Crippen molar-refractivity contribution in [2.75, 3.05) is 32.7 Å². The number of nitrogens with zero attached hydrogens (tertiary/aromatic N) is 2. The van der Waals surface area contributed by atoms with Crippen molar-refractivity contribution in [2.24, 2.45) is 4.99 Å². The van der Waals surface area contributed by atoms with Gasteiger partial charge in [0.05, 0.1) is 28.4 Å². The highest BCUT2D eigenvalue weighted by atomic mass is 127. The Kier molecular flexibility index (Phi) is 9.46. The fraction of sp³-hybridized carbons (Fsp3) is 0.179. The number of hydrogen-bond acceptors (Lipinski definition) is 7. The van der Waals surface area contributed by atoms with E-state index in [1.54, 1.807) is 24.2 Å². The van der Waals surface area contributed by atoms with E-state index in [9.17, 15) is 14.0 Å². The molecule has 0 atom stereocenters. The molecule has 0 aliphatic carbocycles. The summed E-state index contributed by atoms with van der Waals surface area (Å²) in [6.07, 6.45) is 1.78. The van der Waals surface area contributed by atoms with E-state index in [1.807, 2.05) is 37.3 Å². The van der Waals surface area contributed by atoms with Crippen molar-refractivity contribution < 1.29 is 28.2 Å². The maximum absolute atomic E-state index is 13.1. The predicted octanol–water partition coefficient (Wildman–Crippen LogP) is 6.09. The minimum atomic E-state index is -0.401. The van der Waals surface area contributed by atoms with Gasteiger partial charge in [0, 0.05) is 12.2 Å². The molecule has 1 saturated heterocycles. The first-order chi connectivity index (χ1) is 18.8. The van der Waals surface area contributed by atoms with Crippen LogP contribution in [0.5, 0.6) is 17.2 Å². The van der Waals surface area contributed by atoms with Gasteiger partial charge < -0.3 is 19.5 Å². The number of methoxy groups -OCH3 is 2. The minimum Gasteiger partial charge on any atom is -0.497 e. The van der Waals surface area contributed by atoms with Crippen LogP contribution >= 0.6 is 34.4 Å². The van der Waals surface area contributed by atoms with E-state index < -0.39 is 5.91 Å². The van der Waals surface area contributed by atoms with E-state index in [0.29, 0.717) is 43.1 Å². The third-order valence-electron chi connectivity index (χ3n) is 5.53. The molecule has 0 saturated carbocycles. The van der Waals surface area contributed by atoms with Gasteiger partial charge in [-0.3, -0.25) is 14.5 Å². The minimum absolute atomic E-state index is 0.137. The number of amidine groups is 1. The number of nitrogens with one attached hydrogen (secondary N) is 1. The molecule has 3 aromatic rings. The lowest BCUT2D eigenvalue weighted by molar-refractivity contribution is -0.122. The number of aliphatic imine (C=N–C) groups is 1. The van der Waals surface area contributed by atoms with Crippen molar-refractivity contribution in [3.63, 3.8) is 0 Å². The summed E-state index contributed by atoms with van der Waals surface area (Å²) in [7, 11) is 3.10.